The number of amides is 2. The number of hydrogen-bond acceptors (Lipinski definition) is 4. The number of nitrogens with zero attached hydrogens (tertiary/aromatic N) is 2. The third-order valence-corrected chi connectivity index (χ3v) is 4.51. The molecule has 0 aliphatic rings. The van der Waals surface area contributed by atoms with Crippen molar-refractivity contribution in [2.75, 3.05) is 6.54 Å². The largest absolute Gasteiger partial charge is 0.359 e. The molecule has 0 unspecified atom stereocenters. The van der Waals surface area contributed by atoms with Crippen molar-refractivity contribution in [3.63, 3.8) is 0 Å². The van der Waals surface area contributed by atoms with E-state index in [0.717, 1.165) is 12.0 Å². The summed E-state index contributed by atoms with van der Waals surface area (Å²) in [4.78, 5) is 26.8. The van der Waals surface area contributed by atoms with Crippen LogP contribution in [0.3, 0.4) is 0 Å². The van der Waals surface area contributed by atoms with Crippen LogP contribution in [0.5, 0.6) is 0 Å². The molecule has 0 spiro atoms. The molecule has 1 N–H and O–H groups in total. The minimum atomic E-state index is -0.308. The molecule has 0 radical (unpaired) electrons. The van der Waals surface area contributed by atoms with Gasteiger partial charge >= 0.3 is 0 Å². The molecule has 0 aliphatic heterocycles. The van der Waals surface area contributed by atoms with Crippen LogP contribution in [0, 0.1) is 6.92 Å². The van der Waals surface area contributed by atoms with Crippen LogP contribution in [0.1, 0.15) is 51.1 Å². The second kappa shape index (κ2) is 9.68. The lowest BCUT2D eigenvalue weighted by molar-refractivity contribution is 0.0727. The van der Waals surface area contributed by atoms with E-state index in [9.17, 15) is 9.59 Å². The van der Waals surface area contributed by atoms with E-state index in [0.29, 0.717) is 24.4 Å². The van der Waals surface area contributed by atoms with E-state index in [1.807, 2.05) is 56.3 Å². The monoisotopic (exact) mass is 391 g/mol. The van der Waals surface area contributed by atoms with Crippen LogP contribution < -0.4 is 5.32 Å². The number of aromatic nitrogens is 1. The quantitative estimate of drug-likeness (QED) is 0.631. The molecule has 2 amide bonds. The van der Waals surface area contributed by atoms with Crippen LogP contribution in [-0.2, 0) is 13.1 Å². The SMILES string of the molecule is CCCN(Cc1cc(C(=O)NCc2ccc(C)cc2)no1)C(=O)c1ccccc1. The zero-order chi connectivity index (χ0) is 20.6. The van der Waals surface area contributed by atoms with E-state index in [4.69, 9.17) is 4.52 Å². The average molecular weight is 391 g/mol. The first-order chi connectivity index (χ1) is 14.1. The molecule has 2 aromatic carbocycles. The molecule has 29 heavy (non-hydrogen) atoms. The summed E-state index contributed by atoms with van der Waals surface area (Å²) in [5.41, 5.74) is 3.00. The molecule has 3 aromatic rings. The van der Waals surface area contributed by atoms with Crippen molar-refractivity contribution in [2.24, 2.45) is 0 Å². The number of aryl methyl sites for hydroxylation is 1. The topological polar surface area (TPSA) is 75.4 Å². The predicted molar refractivity (Wildman–Crippen MR) is 110 cm³/mol. The smallest absolute Gasteiger partial charge is 0.273 e. The van der Waals surface area contributed by atoms with Crippen LogP contribution in [0.15, 0.2) is 65.2 Å². The number of carbonyl (C=O) groups is 2. The molecule has 0 atom stereocenters. The summed E-state index contributed by atoms with van der Waals surface area (Å²) in [6.45, 7) is 5.29. The van der Waals surface area contributed by atoms with E-state index in [1.165, 1.54) is 5.56 Å². The number of rotatable bonds is 8. The van der Waals surface area contributed by atoms with E-state index in [1.54, 1.807) is 23.1 Å². The molecule has 0 fully saturated rings. The zero-order valence-electron chi connectivity index (χ0n) is 16.7. The van der Waals surface area contributed by atoms with Crippen molar-refractivity contribution in [2.45, 2.75) is 33.4 Å². The Morgan fingerprint density at radius 2 is 1.79 bits per heavy atom. The van der Waals surface area contributed by atoms with Crippen molar-refractivity contribution >= 4 is 11.8 Å². The minimum absolute atomic E-state index is 0.0748. The molecule has 0 bridgehead atoms. The lowest BCUT2D eigenvalue weighted by atomic mass is 10.1. The first kappa shape index (κ1) is 20.3. The maximum absolute atomic E-state index is 12.7. The van der Waals surface area contributed by atoms with Crippen molar-refractivity contribution < 1.29 is 14.1 Å². The van der Waals surface area contributed by atoms with E-state index in [-0.39, 0.29) is 24.1 Å². The van der Waals surface area contributed by atoms with Crippen molar-refractivity contribution in [3.05, 3.63) is 88.8 Å². The van der Waals surface area contributed by atoms with Crippen molar-refractivity contribution in [1.29, 1.82) is 0 Å². The highest BCUT2D eigenvalue weighted by Crippen LogP contribution is 2.12. The Kier molecular flexibility index (Phi) is 6.79. The fraction of sp³-hybridized carbons (Fsp3) is 0.261. The van der Waals surface area contributed by atoms with E-state index in [2.05, 4.69) is 10.5 Å². The van der Waals surface area contributed by atoms with Crippen LogP contribution in [-0.4, -0.2) is 28.4 Å². The van der Waals surface area contributed by atoms with Gasteiger partial charge in [0.05, 0.1) is 6.54 Å². The van der Waals surface area contributed by atoms with Gasteiger partial charge < -0.3 is 14.7 Å². The van der Waals surface area contributed by atoms with Gasteiger partial charge in [0, 0.05) is 24.7 Å². The van der Waals surface area contributed by atoms with Gasteiger partial charge in [0.2, 0.25) is 0 Å². The highest BCUT2D eigenvalue weighted by atomic mass is 16.5. The lowest BCUT2D eigenvalue weighted by Gasteiger charge is -2.20. The summed E-state index contributed by atoms with van der Waals surface area (Å²) in [5.74, 6) is 0.0921. The third-order valence-electron chi connectivity index (χ3n) is 4.51. The Morgan fingerprint density at radius 3 is 2.48 bits per heavy atom. The normalized spacial score (nSPS) is 10.6. The molecule has 0 aliphatic carbocycles. The third kappa shape index (κ3) is 5.54. The lowest BCUT2D eigenvalue weighted by Crippen LogP contribution is -2.31. The second-order valence-corrected chi connectivity index (χ2v) is 6.94. The van der Waals surface area contributed by atoms with Gasteiger partial charge in [0.15, 0.2) is 11.5 Å². The molecule has 3 rings (SSSR count). The van der Waals surface area contributed by atoms with Gasteiger partial charge in [-0.1, -0.05) is 60.1 Å². The first-order valence-corrected chi connectivity index (χ1v) is 9.70. The van der Waals surface area contributed by atoms with Crippen LogP contribution in [0.25, 0.3) is 0 Å². The van der Waals surface area contributed by atoms with Crippen LogP contribution in [0.4, 0.5) is 0 Å². The van der Waals surface area contributed by atoms with Gasteiger partial charge in [0.1, 0.15) is 0 Å². The van der Waals surface area contributed by atoms with Gasteiger partial charge in [-0.3, -0.25) is 9.59 Å². The molecule has 150 valence electrons. The molecule has 6 heteroatoms. The summed E-state index contributed by atoms with van der Waals surface area (Å²) in [6, 6.07) is 18.7. The fourth-order valence-electron chi connectivity index (χ4n) is 2.95. The fourth-order valence-corrected chi connectivity index (χ4v) is 2.95. The molecule has 6 nitrogen and oxygen atoms in total. The van der Waals surface area contributed by atoms with Gasteiger partial charge in [-0.15, -0.1) is 0 Å². The number of hydrogen-bond donors (Lipinski definition) is 1. The highest BCUT2D eigenvalue weighted by molar-refractivity contribution is 5.94. The van der Waals surface area contributed by atoms with Crippen molar-refractivity contribution in [3.8, 4) is 0 Å². The number of nitrogens with one attached hydrogen (secondary N) is 1. The van der Waals surface area contributed by atoms with Gasteiger partial charge in [-0.25, -0.2) is 0 Å². The summed E-state index contributed by atoms with van der Waals surface area (Å²) in [6.07, 6.45) is 0.816. The standard InChI is InChI=1S/C23H25N3O3/c1-3-13-26(23(28)19-7-5-4-6-8-19)16-20-14-21(25-29-20)22(27)24-15-18-11-9-17(2)10-12-18/h4-12,14H,3,13,15-16H2,1-2H3,(H,24,27). The molecule has 1 heterocycles. The number of benzene rings is 2. The Balaban J connectivity index is 1.62. The van der Waals surface area contributed by atoms with Crippen LogP contribution >= 0.6 is 0 Å². The Morgan fingerprint density at radius 1 is 1.07 bits per heavy atom. The average Bonchev–Trinajstić information content (AvgIpc) is 3.21. The molecular formula is C23H25N3O3. The Labute approximate surface area is 170 Å². The maximum Gasteiger partial charge on any atom is 0.273 e. The molecule has 0 saturated carbocycles. The second-order valence-electron chi connectivity index (χ2n) is 6.94. The first-order valence-electron chi connectivity index (χ1n) is 9.70. The van der Waals surface area contributed by atoms with E-state index >= 15 is 0 Å². The Hall–Kier alpha value is -3.41. The summed E-state index contributed by atoms with van der Waals surface area (Å²) < 4.78 is 5.31. The summed E-state index contributed by atoms with van der Waals surface area (Å²) in [7, 11) is 0. The van der Waals surface area contributed by atoms with Gasteiger partial charge in [-0.05, 0) is 31.0 Å². The highest BCUT2D eigenvalue weighted by Gasteiger charge is 2.19. The predicted octanol–water partition coefficient (Wildman–Crippen LogP) is 3.97. The zero-order valence-corrected chi connectivity index (χ0v) is 16.7. The summed E-state index contributed by atoms with van der Waals surface area (Å²) >= 11 is 0. The molecule has 0 saturated heterocycles. The number of carbonyl (C=O) groups excluding carboxylic acids is 2. The molecular weight excluding hydrogens is 366 g/mol. The van der Waals surface area contributed by atoms with E-state index < -0.39 is 0 Å². The van der Waals surface area contributed by atoms with Crippen LogP contribution in [0.2, 0.25) is 0 Å². The van der Waals surface area contributed by atoms with Gasteiger partial charge in [0.25, 0.3) is 11.8 Å². The Bertz CT molecular complexity index is 949. The van der Waals surface area contributed by atoms with Gasteiger partial charge in [-0.2, -0.15) is 0 Å². The maximum atomic E-state index is 12.7. The van der Waals surface area contributed by atoms with Crippen molar-refractivity contribution in [1.82, 2.24) is 15.4 Å². The minimum Gasteiger partial charge on any atom is -0.359 e. The summed E-state index contributed by atoms with van der Waals surface area (Å²) in [5, 5.41) is 6.70. The molecule has 1 aromatic heterocycles.